The van der Waals surface area contributed by atoms with Crippen LogP contribution in [0.1, 0.15) is 36.0 Å². The van der Waals surface area contributed by atoms with Gasteiger partial charge in [0.25, 0.3) is 0 Å². The Kier molecular flexibility index (Phi) is 6.54. The van der Waals surface area contributed by atoms with Crippen LogP contribution in [0.3, 0.4) is 0 Å². The third kappa shape index (κ3) is 4.92. The molecule has 0 spiro atoms. The number of allylic oxidation sites excluding steroid dienone is 2. The largest absolute Gasteiger partial charge is 0.508 e. The SMILES string of the molecule is O=C(CCC(O)COC(O)C1=C(O)C=CCC1)c1ccccc1O. The van der Waals surface area contributed by atoms with E-state index in [0.29, 0.717) is 18.4 Å². The van der Waals surface area contributed by atoms with E-state index in [9.17, 15) is 25.2 Å². The maximum Gasteiger partial charge on any atom is 0.181 e. The van der Waals surface area contributed by atoms with Gasteiger partial charge < -0.3 is 25.2 Å². The molecule has 2 unspecified atom stereocenters. The Bertz CT molecular complexity index is 634. The molecule has 24 heavy (non-hydrogen) atoms. The molecule has 1 aromatic carbocycles. The van der Waals surface area contributed by atoms with Gasteiger partial charge in [-0.2, -0.15) is 0 Å². The lowest BCUT2D eigenvalue weighted by molar-refractivity contribution is -0.102. The summed E-state index contributed by atoms with van der Waals surface area (Å²) in [7, 11) is 0. The van der Waals surface area contributed by atoms with Crippen LogP contribution in [0.15, 0.2) is 47.7 Å². The van der Waals surface area contributed by atoms with Gasteiger partial charge in [0.1, 0.15) is 11.5 Å². The standard InChI is InChI=1S/C18H22O6/c19-12(9-10-17(22)13-5-1-3-7-15(13)20)11-24-18(23)14-6-2-4-8-16(14)21/h1,3-5,7-8,12,18-21,23H,2,6,9-11H2. The van der Waals surface area contributed by atoms with Crippen LogP contribution in [0.4, 0.5) is 0 Å². The summed E-state index contributed by atoms with van der Waals surface area (Å²) in [6.45, 7) is -0.157. The molecular formula is C18H22O6. The van der Waals surface area contributed by atoms with Crippen LogP contribution >= 0.6 is 0 Å². The molecule has 1 aliphatic carbocycles. The van der Waals surface area contributed by atoms with E-state index < -0.39 is 12.4 Å². The van der Waals surface area contributed by atoms with Crippen molar-refractivity contribution < 1.29 is 30.0 Å². The molecule has 0 fully saturated rings. The first-order chi connectivity index (χ1) is 11.5. The topological polar surface area (TPSA) is 107 Å². The van der Waals surface area contributed by atoms with Crippen molar-refractivity contribution in [3.63, 3.8) is 0 Å². The number of aliphatic hydroxyl groups excluding tert-OH is 3. The van der Waals surface area contributed by atoms with Crippen molar-refractivity contribution in [2.45, 2.75) is 38.1 Å². The zero-order valence-corrected chi connectivity index (χ0v) is 13.3. The van der Waals surface area contributed by atoms with Crippen molar-refractivity contribution in [3.05, 3.63) is 53.3 Å². The molecule has 1 aromatic rings. The van der Waals surface area contributed by atoms with Gasteiger partial charge >= 0.3 is 0 Å². The van der Waals surface area contributed by atoms with Crippen LogP contribution in [0.2, 0.25) is 0 Å². The Morgan fingerprint density at radius 1 is 1.21 bits per heavy atom. The summed E-state index contributed by atoms with van der Waals surface area (Å²) in [5, 5.41) is 39.1. The van der Waals surface area contributed by atoms with E-state index in [1.165, 1.54) is 18.2 Å². The predicted molar refractivity (Wildman–Crippen MR) is 87.7 cm³/mol. The molecule has 0 saturated heterocycles. The monoisotopic (exact) mass is 334 g/mol. The molecular weight excluding hydrogens is 312 g/mol. The minimum Gasteiger partial charge on any atom is -0.508 e. The predicted octanol–water partition coefficient (Wildman–Crippen LogP) is 2.21. The lowest BCUT2D eigenvalue weighted by atomic mass is 10.0. The lowest BCUT2D eigenvalue weighted by Crippen LogP contribution is -2.24. The third-order valence-corrected chi connectivity index (χ3v) is 3.84. The number of hydrogen-bond acceptors (Lipinski definition) is 6. The van der Waals surface area contributed by atoms with E-state index in [1.807, 2.05) is 0 Å². The number of carbonyl (C=O) groups excluding carboxylic acids is 1. The summed E-state index contributed by atoms with van der Waals surface area (Å²) in [4.78, 5) is 12.0. The first-order valence-corrected chi connectivity index (χ1v) is 7.86. The van der Waals surface area contributed by atoms with Gasteiger partial charge in [0.2, 0.25) is 0 Å². The van der Waals surface area contributed by atoms with Gasteiger partial charge in [-0.05, 0) is 37.5 Å². The van der Waals surface area contributed by atoms with Gasteiger partial charge in [-0.1, -0.05) is 18.2 Å². The summed E-state index contributed by atoms with van der Waals surface area (Å²) in [5.41, 5.74) is 0.602. The molecule has 0 heterocycles. The van der Waals surface area contributed by atoms with Crippen LogP contribution in [0.25, 0.3) is 0 Å². The van der Waals surface area contributed by atoms with Crippen molar-refractivity contribution in [2.75, 3.05) is 6.61 Å². The third-order valence-electron chi connectivity index (χ3n) is 3.84. The molecule has 0 radical (unpaired) electrons. The van der Waals surface area contributed by atoms with Crippen molar-refractivity contribution in [1.82, 2.24) is 0 Å². The van der Waals surface area contributed by atoms with E-state index in [0.717, 1.165) is 0 Å². The van der Waals surface area contributed by atoms with Crippen LogP contribution in [0.5, 0.6) is 5.75 Å². The second-order valence-corrected chi connectivity index (χ2v) is 5.67. The average Bonchev–Trinajstić information content (AvgIpc) is 2.58. The summed E-state index contributed by atoms with van der Waals surface area (Å²) in [6.07, 6.45) is 2.48. The van der Waals surface area contributed by atoms with Crippen LogP contribution < -0.4 is 0 Å². The second-order valence-electron chi connectivity index (χ2n) is 5.67. The van der Waals surface area contributed by atoms with Crippen LogP contribution in [-0.4, -0.2) is 45.2 Å². The van der Waals surface area contributed by atoms with E-state index in [2.05, 4.69) is 0 Å². The van der Waals surface area contributed by atoms with Crippen molar-refractivity contribution in [2.24, 2.45) is 0 Å². The second kappa shape index (κ2) is 8.63. The lowest BCUT2D eigenvalue weighted by Gasteiger charge is -2.20. The summed E-state index contributed by atoms with van der Waals surface area (Å²) < 4.78 is 5.17. The fourth-order valence-corrected chi connectivity index (χ4v) is 2.45. The van der Waals surface area contributed by atoms with Gasteiger partial charge in [0.05, 0.1) is 18.3 Å². The maximum atomic E-state index is 12.0. The summed E-state index contributed by atoms with van der Waals surface area (Å²) >= 11 is 0. The van der Waals surface area contributed by atoms with Gasteiger partial charge in [0.15, 0.2) is 12.1 Å². The number of benzene rings is 1. The molecule has 4 N–H and O–H groups in total. The van der Waals surface area contributed by atoms with Gasteiger partial charge in [0, 0.05) is 12.0 Å². The number of phenolic OH excluding ortho intramolecular Hbond substituents is 1. The Morgan fingerprint density at radius 2 is 1.96 bits per heavy atom. The molecule has 0 saturated carbocycles. The van der Waals surface area contributed by atoms with E-state index in [1.54, 1.807) is 18.2 Å². The number of rotatable bonds is 8. The Balaban J connectivity index is 1.77. The number of carbonyl (C=O) groups is 1. The number of ketones is 1. The average molecular weight is 334 g/mol. The quantitative estimate of drug-likeness (QED) is 0.429. The zero-order chi connectivity index (χ0) is 17.5. The molecule has 2 rings (SSSR count). The number of hydrogen-bond donors (Lipinski definition) is 4. The molecule has 1 aliphatic rings. The molecule has 0 aromatic heterocycles. The summed E-state index contributed by atoms with van der Waals surface area (Å²) in [6, 6.07) is 6.24. The van der Waals surface area contributed by atoms with E-state index in [4.69, 9.17) is 4.74 Å². The molecule has 0 amide bonds. The van der Waals surface area contributed by atoms with Gasteiger partial charge in [-0.25, -0.2) is 0 Å². The maximum absolute atomic E-state index is 12.0. The van der Waals surface area contributed by atoms with Crippen molar-refractivity contribution in [1.29, 1.82) is 0 Å². The van der Waals surface area contributed by atoms with Gasteiger partial charge in [-0.3, -0.25) is 4.79 Å². The van der Waals surface area contributed by atoms with E-state index in [-0.39, 0.29) is 42.3 Å². The highest BCUT2D eigenvalue weighted by Crippen LogP contribution is 2.22. The molecule has 6 heteroatoms. The highest BCUT2D eigenvalue weighted by atomic mass is 16.6. The number of aliphatic hydroxyl groups is 3. The highest BCUT2D eigenvalue weighted by molar-refractivity contribution is 5.98. The van der Waals surface area contributed by atoms with Crippen molar-refractivity contribution in [3.8, 4) is 5.75 Å². The summed E-state index contributed by atoms with van der Waals surface area (Å²) in [5.74, 6) is -0.375. The normalized spacial score (nSPS) is 16.9. The molecule has 6 nitrogen and oxygen atoms in total. The Labute approximate surface area is 140 Å². The molecule has 130 valence electrons. The first kappa shape index (κ1) is 18.2. The molecule has 2 atom stereocenters. The number of aromatic hydroxyl groups is 1. The molecule has 0 bridgehead atoms. The number of para-hydroxylation sites is 1. The fourth-order valence-electron chi connectivity index (χ4n) is 2.45. The van der Waals surface area contributed by atoms with Crippen LogP contribution in [0, 0.1) is 0 Å². The highest BCUT2D eigenvalue weighted by Gasteiger charge is 2.19. The first-order valence-electron chi connectivity index (χ1n) is 7.86. The number of Topliss-reactive ketones (excluding diaryl/α,β-unsaturated/α-hetero) is 1. The van der Waals surface area contributed by atoms with E-state index >= 15 is 0 Å². The Hall–Kier alpha value is -2.15. The molecule has 0 aliphatic heterocycles. The smallest absolute Gasteiger partial charge is 0.181 e. The van der Waals surface area contributed by atoms with Crippen molar-refractivity contribution >= 4 is 5.78 Å². The Morgan fingerprint density at radius 3 is 2.67 bits per heavy atom. The fraction of sp³-hybridized carbons (Fsp3) is 0.389. The minimum absolute atomic E-state index is 0.0158. The zero-order valence-electron chi connectivity index (χ0n) is 13.3. The number of ether oxygens (including phenoxy) is 1. The number of phenols is 1. The minimum atomic E-state index is -1.28. The van der Waals surface area contributed by atoms with Gasteiger partial charge in [-0.15, -0.1) is 0 Å². The van der Waals surface area contributed by atoms with Crippen LogP contribution in [-0.2, 0) is 4.74 Å².